The van der Waals surface area contributed by atoms with Gasteiger partial charge in [0.15, 0.2) is 0 Å². The standard InChI is InChI=1S/C6H4N2.2ClH/c1-5-2-8-4-6(5)3-7-1;;/h1-4H;2*1H. The first-order valence-electron chi connectivity index (χ1n) is 2.44. The molecule has 0 bridgehead atoms. The van der Waals surface area contributed by atoms with Crippen molar-refractivity contribution < 1.29 is 0 Å². The number of nitrogens with zero attached hydrogens (tertiary/aromatic N) is 2. The Balaban J connectivity index is 0.000000405. The van der Waals surface area contributed by atoms with Crippen LogP contribution >= 0.6 is 24.8 Å². The van der Waals surface area contributed by atoms with Gasteiger partial charge in [-0.15, -0.1) is 24.8 Å². The minimum atomic E-state index is 0. The normalized spacial score (nSPS) is 16.8. The predicted molar refractivity (Wildman–Crippen MR) is 47.6 cm³/mol. The summed E-state index contributed by atoms with van der Waals surface area (Å²) in [6.07, 6.45) is 7.23. The average Bonchev–Trinajstić information content (AvgIpc) is 2.15. The number of allylic oxidation sites excluding steroid dienone is 2. The number of hydrogen-bond donors (Lipinski definition) is 0. The molecule has 0 aromatic carbocycles. The van der Waals surface area contributed by atoms with Gasteiger partial charge in [0, 0.05) is 36.0 Å². The molecule has 0 saturated carbocycles. The van der Waals surface area contributed by atoms with Crippen LogP contribution in [0.3, 0.4) is 0 Å². The molecule has 0 aliphatic carbocycles. The van der Waals surface area contributed by atoms with Crippen LogP contribution in [0.4, 0.5) is 0 Å². The Morgan fingerprint density at radius 2 is 1.20 bits per heavy atom. The van der Waals surface area contributed by atoms with E-state index in [0.717, 1.165) is 11.1 Å². The van der Waals surface area contributed by atoms with Gasteiger partial charge in [-0.25, -0.2) is 0 Å². The van der Waals surface area contributed by atoms with Gasteiger partial charge in [0.05, 0.1) is 0 Å². The number of hydrogen-bond acceptors (Lipinski definition) is 2. The molecule has 10 heavy (non-hydrogen) atoms. The van der Waals surface area contributed by atoms with E-state index in [0.29, 0.717) is 0 Å². The molecular formula is C6H6Cl2N2. The maximum atomic E-state index is 3.92. The summed E-state index contributed by atoms with van der Waals surface area (Å²) in [6.45, 7) is 0. The smallest absolute Gasteiger partial charge is 0.0363 e. The highest BCUT2D eigenvalue weighted by Gasteiger charge is 2.07. The molecule has 0 radical (unpaired) electrons. The van der Waals surface area contributed by atoms with Crippen LogP contribution in [0.15, 0.2) is 33.5 Å². The molecule has 54 valence electrons. The largest absolute Gasteiger partial charge is 0.263 e. The summed E-state index contributed by atoms with van der Waals surface area (Å²) < 4.78 is 0. The fourth-order valence-electron chi connectivity index (χ4n) is 0.761. The molecule has 0 N–H and O–H groups in total. The lowest BCUT2D eigenvalue weighted by atomic mass is 10.2. The first kappa shape index (κ1) is 9.40. The first-order valence-corrected chi connectivity index (χ1v) is 2.44. The third-order valence-electron chi connectivity index (χ3n) is 1.19. The maximum absolute atomic E-state index is 3.92. The second kappa shape index (κ2) is 3.54. The molecule has 0 atom stereocenters. The summed E-state index contributed by atoms with van der Waals surface area (Å²) in [5.74, 6) is 0. The number of rotatable bonds is 0. The first-order chi connectivity index (χ1) is 3.97. The molecule has 0 fully saturated rings. The van der Waals surface area contributed by atoms with Crippen LogP contribution in [0, 0.1) is 0 Å². The van der Waals surface area contributed by atoms with Crippen molar-refractivity contribution in [1.82, 2.24) is 0 Å². The SMILES string of the molecule is C1=NC=C2C=NC=C12.Cl.Cl. The highest BCUT2D eigenvalue weighted by atomic mass is 35.5. The molecule has 0 aromatic heterocycles. The highest BCUT2D eigenvalue weighted by molar-refractivity contribution is 6.04. The van der Waals surface area contributed by atoms with Crippen molar-refractivity contribution in [3.8, 4) is 0 Å². The van der Waals surface area contributed by atoms with Gasteiger partial charge in [0.25, 0.3) is 0 Å². The zero-order valence-electron chi connectivity index (χ0n) is 5.02. The molecule has 0 spiro atoms. The summed E-state index contributed by atoms with van der Waals surface area (Å²) in [5, 5.41) is 0. The zero-order valence-corrected chi connectivity index (χ0v) is 6.65. The second-order valence-electron chi connectivity index (χ2n) is 1.73. The van der Waals surface area contributed by atoms with E-state index >= 15 is 0 Å². The lowest BCUT2D eigenvalue weighted by Gasteiger charge is -1.80. The quantitative estimate of drug-likeness (QED) is 0.538. The third kappa shape index (κ3) is 1.28. The third-order valence-corrected chi connectivity index (χ3v) is 1.19. The van der Waals surface area contributed by atoms with Crippen molar-refractivity contribution in [1.29, 1.82) is 0 Å². The Labute approximate surface area is 71.3 Å². The van der Waals surface area contributed by atoms with E-state index in [4.69, 9.17) is 0 Å². The molecule has 2 aliphatic heterocycles. The Morgan fingerprint density at radius 1 is 0.800 bits per heavy atom. The Bertz CT molecular complexity index is 212. The molecule has 0 saturated heterocycles. The van der Waals surface area contributed by atoms with Crippen molar-refractivity contribution in [2.24, 2.45) is 9.98 Å². The van der Waals surface area contributed by atoms with Crippen molar-refractivity contribution >= 4 is 37.2 Å². The number of aliphatic imine (C=N–C) groups is 2. The van der Waals surface area contributed by atoms with Crippen LogP contribution in [0.2, 0.25) is 0 Å². The van der Waals surface area contributed by atoms with Crippen molar-refractivity contribution in [2.45, 2.75) is 0 Å². The van der Waals surface area contributed by atoms with E-state index in [1.165, 1.54) is 0 Å². The van der Waals surface area contributed by atoms with Gasteiger partial charge in [-0.1, -0.05) is 0 Å². The average molecular weight is 177 g/mol. The van der Waals surface area contributed by atoms with E-state index < -0.39 is 0 Å². The van der Waals surface area contributed by atoms with Gasteiger partial charge in [-0.05, 0) is 0 Å². The molecule has 0 unspecified atom stereocenters. The molecule has 2 heterocycles. The molecule has 4 heteroatoms. The van der Waals surface area contributed by atoms with Crippen LogP contribution in [0.25, 0.3) is 0 Å². The van der Waals surface area contributed by atoms with Gasteiger partial charge in [-0.3, -0.25) is 9.98 Å². The van der Waals surface area contributed by atoms with Gasteiger partial charge >= 0.3 is 0 Å². The van der Waals surface area contributed by atoms with Crippen molar-refractivity contribution in [3.63, 3.8) is 0 Å². The van der Waals surface area contributed by atoms with Crippen LogP contribution in [-0.2, 0) is 0 Å². The lowest BCUT2D eigenvalue weighted by molar-refractivity contribution is 1.61. The highest BCUT2D eigenvalue weighted by Crippen LogP contribution is 2.15. The van der Waals surface area contributed by atoms with Gasteiger partial charge in [-0.2, -0.15) is 0 Å². The number of halogens is 2. The number of fused-ring (bicyclic) bond motifs is 1. The summed E-state index contributed by atoms with van der Waals surface area (Å²) in [7, 11) is 0. The summed E-state index contributed by atoms with van der Waals surface area (Å²) >= 11 is 0. The van der Waals surface area contributed by atoms with Gasteiger partial charge in [0.2, 0.25) is 0 Å². The molecule has 0 amide bonds. The fraction of sp³-hybridized carbons (Fsp3) is 0. The van der Waals surface area contributed by atoms with Crippen LogP contribution in [0.5, 0.6) is 0 Å². The van der Waals surface area contributed by atoms with Crippen LogP contribution in [-0.4, -0.2) is 12.4 Å². The van der Waals surface area contributed by atoms with E-state index in [9.17, 15) is 0 Å². The fourth-order valence-corrected chi connectivity index (χ4v) is 0.761. The molecule has 2 nitrogen and oxygen atoms in total. The molecule has 2 aliphatic rings. The van der Waals surface area contributed by atoms with Crippen molar-refractivity contribution in [2.75, 3.05) is 0 Å². The summed E-state index contributed by atoms with van der Waals surface area (Å²) in [5.41, 5.74) is 2.26. The van der Waals surface area contributed by atoms with Crippen LogP contribution in [0.1, 0.15) is 0 Å². The Hall–Kier alpha value is -0.600. The van der Waals surface area contributed by atoms with E-state index in [2.05, 4.69) is 9.98 Å². The predicted octanol–water partition coefficient (Wildman–Crippen LogP) is 1.77. The van der Waals surface area contributed by atoms with Gasteiger partial charge in [0.1, 0.15) is 0 Å². The van der Waals surface area contributed by atoms with E-state index in [-0.39, 0.29) is 24.8 Å². The maximum Gasteiger partial charge on any atom is 0.0363 e. The summed E-state index contributed by atoms with van der Waals surface area (Å²) in [4.78, 5) is 7.84. The summed E-state index contributed by atoms with van der Waals surface area (Å²) in [6, 6.07) is 0. The zero-order chi connectivity index (χ0) is 5.40. The van der Waals surface area contributed by atoms with E-state index in [1.807, 2.05) is 24.8 Å². The lowest BCUT2D eigenvalue weighted by Crippen LogP contribution is -1.78. The van der Waals surface area contributed by atoms with Gasteiger partial charge < -0.3 is 0 Å². The molecule has 0 aromatic rings. The molecular weight excluding hydrogens is 171 g/mol. The minimum absolute atomic E-state index is 0. The Morgan fingerprint density at radius 3 is 1.60 bits per heavy atom. The Kier molecular flexibility index (Phi) is 3.33. The van der Waals surface area contributed by atoms with Crippen LogP contribution < -0.4 is 0 Å². The van der Waals surface area contributed by atoms with Crippen molar-refractivity contribution in [3.05, 3.63) is 23.5 Å². The molecule has 2 rings (SSSR count). The topological polar surface area (TPSA) is 24.7 Å². The second-order valence-corrected chi connectivity index (χ2v) is 1.73. The van der Waals surface area contributed by atoms with E-state index in [1.54, 1.807) is 0 Å². The monoisotopic (exact) mass is 176 g/mol. The minimum Gasteiger partial charge on any atom is -0.263 e.